The van der Waals surface area contributed by atoms with Crippen LogP contribution in [0.1, 0.15) is 111 Å². The summed E-state index contributed by atoms with van der Waals surface area (Å²) in [5.41, 5.74) is 3.13. The van der Waals surface area contributed by atoms with Gasteiger partial charge in [-0.2, -0.15) is 5.10 Å². The zero-order valence-corrected chi connectivity index (χ0v) is 28.0. The number of benzene rings is 1. The molecule has 3 aliphatic heterocycles. The minimum Gasteiger partial charge on any atom is -0.390 e. The summed E-state index contributed by atoms with van der Waals surface area (Å²) in [4.78, 5) is 46.8. The third-order valence-corrected chi connectivity index (χ3v) is 11.2. The van der Waals surface area contributed by atoms with Gasteiger partial charge in [0.05, 0.1) is 17.0 Å². The van der Waals surface area contributed by atoms with Crippen molar-refractivity contribution in [1.82, 2.24) is 29.8 Å². The van der Waals surface area contributed by atoms with Gasteiger partial charge in [0, 0.05) is 62.5 Å². The summed E-state index contributed by atoms with van der Waals surface area (Å²) < 4.78 is 1.96. The van der Waals surface area contributed by atoms with E-state index in [0.29, 0.717) is 57.3 Å². The van der Waals surface area contributed by atoms with Gasteiger partial charge < -0.3 is 20.2 Å². The van der Waals surface area contributed by atoms with E-state index in [1.165, 1.54) is 5.56 Å². The minimum absolute atomic E-state index is 0.0263. The Hall–Kier alpha value is -3.24. The highest BCUT2D eigenvalue weighted by Gasteiger charge is 2.54. The minimum atomic E-state index is -0.872. The van der Waals surface area contributed by atoms with E-state index in [1.807, 2.05) is 45.7 Å². The molecule has 1 aromatic carbocycles. The molecule has 10 heteroatoms. The normalized spacial score (nSPS) is 23.3. The van der Waals surface area contributed by atoms with Crippen molar-refractivity contribution in [1.29, 1.82) is 0 Å². The van der Waals surface area contributed by atoms with Crippen molar-refractivity contribution in [2.75, 3.05) is 32.7 Å². The Bertz CT molecular complexity index is 1410. The molecule has 1 aliphatic carbocycles. The summed E-state index contributed by atoms with van der Waals surface area (Å²) in [5.74, 6) is 0.0142. The van der Waals surface area contributed by atoms with Gasteiger partial charge in [0.1, 0.15) is 11.6 Å². The lowest BCUT2D eigenvalue weighted by molar-refractivity contribution is -0.163. The molecule has 250 valence electrons. The molecule has 1 aromatic heterocycles. The molecule has 1 saturated carbocycles. The Labute approximate surface area is 273 Å². The van der Waals surface area contributed by atoms with Crippen LogP contribution in [0.2, 0.25) is 0 Å². The first kappa shape index (κ1) is 32.7. The van der Waals surface area contributed by atoms with Gasteiger partial charge in [-0.3, -0.25) is 19.3 Å². The number of piperazine rings is 1. The van der Waals surface area contributed by atoms with E-state index < -0.39 is 17.2 Å². The van der Waals surface area contributed by atoms with Crippen LogP contribution in [0.25, 0.3) is 5.69 Å². The summed E-state index contributed by atoms with van der Waals surface area (Å²) >= 11 is 0. The van der Waals surface area contributed by atoms with Gasteiger partial charge >= 0.3 is 0 Å². The number of rotatable bonds is 9. The predicted molar refractivity (Wildman–Crippen MR) is 177 cm³/mol. The molecule has 0 radical (unpaired) electrons. The Morgan fingerprint density at radius 1 is 0.957 bits per heavy atom. The van der Waals surface area contributed by atoms with Gasteiger partial charge in [0.25, 0.3) is 5.91 Å². The molecule has 0 bridgehead atoms. The summed E-state index contributed by atoms with van der Waals surface area (Å²) in [6.45, 7) is 10.6. The molecule has 4 aliphatic rings. The standard InChI is InChI=1S/C36H52N6O4/c1-4-5-21-41-33(44)31(24-35(46)15-7-6-8-16-35)37-34(45)36(41)17-22-39(23-18-36)25-30-26(2)38-42(27(30)3)29-13-11-28(12-14-29)32(43)40-19-9-10-20-40/h11-14,31,46H,4-10,15-25H2,1-3H3,(H,37,45)/t31-/m1/s1. The maximum Gasteiger partial charge on any atom is 0.253 e. The van der Waals surface area contributed by atoms with Crippen LogP contribution in [0, 0.1) is 13.8 Å². The number of aryl methyl sites for hydroxylation is 1. The predicted octanol–water partition coefficient (Wildman–Crippen LogP) is 4.27. The smallest absolute Gasteiger partial charge is 0.253 e. The van der Waals surface area contributed by atoms with Crippen LogP contribution in [-0.2, 0) is 16.1 Å². The average molecular weight is 633 g/mol. The van der Waals surface area contributed by atoms with Crippen molar-refractivity contribution < 1.29 is 19.5 Å². The SMILES string of the molecule is CCCCN1C(=O)[C@@H](CC2(O)CCCCC2)NC(=O)C12CCN(Cc1c(C)nn(-c3ccc(C(=O)N4CCCC4)cc3)c1C)CC2. The van der Waals surface area contributed by atoms with Crippen molar-refractivity contribution in [2.24, 2.45) is 0 Å². The zero-order chi connectivity index (χ0) is 32.5. The van der Waals surface area contributed by atoms with Gasteiger partial charge in [-0.05, 0) is 83.1 Å². The van der Waals surface area contributed by atoms with Gasteiger partial charge in [-0.25, -0.2) is 4.68 Å². The Balaban J connectivity index is 1.12. The lowest BCUT2D eigenvalue weighted by atomic mass is 9.77. The zero-order valence-electron chi connectivity index (χ0n) is 28.0. The van der Waals surface area contributed by atoms with Crippen molar-refractivity contribution in [3.05, 3.63) is 46.8 Å². The summed E-state index contributed by atoms with van der Waals surface area (Å²) in [6, 6.07) is 7.09. The van der Waals surface area contributed by atoms with Crippen LogP contribution in [0.15, 0.2) is 24.3 Å². The molecular weight excluding hydrogens is 580 g/mol. The first-order chi connectivity index (χ1) is 22.1. The highest BCUT2D eigenvalue weighted by Crippen LogP contribution is 2.38. The second-order valence-corrected chi connectivity index (χ2v) is 14.3. The van der Waals surface area contributed by atoms with E-state index in [0.717, 1.165) is 81.7 Å². The third-order valence-electron chi connectivity index (χ3n) is 11.2. The fraction of sp³-hybridized carbons (Fsp3) is 0.667. The third kappa shape index (κ3) is 6.35. The molecule has 2 aromatic rings. The molecule has 1 atom stereocenters. The van der Waals surface area contributed by atoms with E-state index in [4.69, 9.17) is 5.10 Å². The van der Waals surface area contributed by atoms with Crippen molar-refractivity contribution >= 4 is 17.7 Å². The molecule has 3 saturated heterocycles. The molecule has 4 heterocycles. The van der Waals surface area contributed by atoms with E-state index in [-0.39, 0.29) is 17.7 Å². The van der Waals surface area contributed by atoms with Crippen LogP contribution < -0.4 is 5.32 Å². The van der Waals surface area contributed by atoms with Gasteiger partial charge in [0.15, 0.2) is 0 Å². The van der Waals surface area contributed by atoms with E-state index in [1.54, 1.807) is 0 Å². The molecule has 4 fully saturated rings. The lowest BCUT2D eigenvalue weighted by Crippen LogP contribution is -2.73. The highest BCUT2D eigenvalue weighted by atomic mass is 16.3. The maximum atomic E-state index is 13.9. The fourth-order valence-electron chi connectivity index (χ4n) is 8.25. The number of aliphatic hydroxyl groups is 1. The number of unbranched alkanes of at least 4 members (excludes halogenated alkanes) is 1. The molecular formula is C36H52N6O4. The fourth-order valence-corrected chi connectivity index (χ4v) is 8.25. The number of aromatic nitrogens is 2. The summed E-state index contributed by atoms with van der Waals surface area (Å²) in [5, 5.41) is 19.2. The highest BCUT2D eigenvalue weighted by molar-refractivity contribution is 6.00. The number of carbonyl (C=O) groups is 3. The number of nitrogens with zero attached hydrogens (tertiary/aromatic N) is 5. The monoisotopic (exact) mass is 632 g/mol. The Morgan fingerprint density at radius 3 is 2.28 bits per heavy atom. The number of carbonyl (C=O) groups excluding carboxylic acids is 3. The van der Waals surface area contributed by atoms with Crippen molar-refractivity contribution in [2.45, 2.75) is 122 Å². The number of hydrogen-bond donors (Lipinski definition) is 2. The number of amides is 3. The number of nitrogens with one attached hydrogen (secondary N) is 1. The average Bonchev–Trinajstić information content (AvgIpc) is 3.69. The molecule has 0 unspecified atom stereocenters. The summed E-state index contributed by atoms with van der Waals surface area (Å²) in [6.07, 6.45) is 9.87. The van der Waals surface area contributed by atoms with Crippen LogP contribution in [0.3, 0.4) is 0 Å². The van der Waals surface area contributed by atoms with Crippen LogP contribution in [-0.4, -0.2) is 97.2 Å². The van der Waals surface area contributed by atoms with E-state index in [9.17, 15) is 19.5 Å². The topological polar surface area (TPSA) is 111 Å². The molecule has 2 N–H and O–H groups in total. The lowest BCUT2D eigenvalue weighted by Gasteiger charge is -2.52. The molecule has 1 spiro atoms. The second-order valence-electron chi connectivity index (χ2n) is 14.3. The number of hydrogen-bond acceptors (Lipinski definition) is 6. The van der Waals surface area contributed by atoms with Gasteiger partial charge in [0.2, 0.25) is 11.8 Å². The molecule has 6 rings (SSSR count). The first-order valence-corrected chi connectivity index (χ1v) is 17.7. The molecule has 10 nitrogen and oxygen atoms in total. The van der Waals surface area contributed by atoms with E-state index >= 15 is 0 Å². The van der Waals surface area contributed by atoms with Crippen molar-refractivity contribution in [3.8, 4) is 5.69 Å². The van der Waals surface area contributed by atoms with Crippen LogP contribution >= 0.6 is 0 Å². The van der Waals surface area contributed by atoms with Gasteiger partial charge in [-0.1, -0.05) is 32.6 Å². The Kier molecular flexibility index (Phi) is 9.57. The second kappa shape index (κ2) is 13.5. The quantitative estimate of drug-likeness (QED) is 0.427. The van der Waals surface area contributed by atoms with Crippen LogP contribution in [0.5, 0.6) is 0 Å². The molecule has 46 heavy (non-hydrogen) atoms. The van der Waals surface area contributed by atoms with Crippen LogP contribution in [0.4, 0.5) is 0 Å². The first-order valence-electron chi connectivity index (χ1n) is 17.7. The molecule has 3 amide bonds. The maximum absolute atomic E-state index is 13.9. The van der Waals surface area contributed by atoms with Crippen molar-refractivity contribution in [3.63, 3.8) is 0 Å². The largest absolute Gasteiger partial charge is 0.390 e. The number of likely N-dealkylation sites (tertiary alicyclic amines) is 2. The van der Waals surface area contributed by atoms with Gasteiger partial charge in [-0.15, -0.1) is 0 Å². The summed E-state index contributed by atoms with van der Waals surface area (Å²) in [7, 11) is 0. The Morgan fingerprint density at radius 2 is 1.63 bits per heavy atom. The number of piperidine rings is 1. The van der Waals surface area contributed by atoms with E-state index in [2.05, 4.69) is 24.1 Å².